The van der Waals surface area contributed by atoms with Crippen molar-refractivity contribution in [1.29, 1.82) is 0 Å². The summed E-state index contributed by atoms with van der Waals surface area (Å²) in [6, 6.07) is 14.6. The third kappa shape index (κ3) is 5.84. The lowest BCUT2D eigenvalue weighted by molar-refractivity contribution is -0.122. The number of carbonyl (C=O) groups excluding carboxylic acids is 2. The van der Waals surface area contributed by atoms with Gasteiger partial charge in [-0.15, -0.1) is 0 Å². The summed E-state index contributed by atoms with van der Waals surface area (Å²) in [5.41, 5.74) is 1.96. The van der Waals surface area contributed by atoms with Crippen LogP contribution in [0.25, 0.3) is 0 Å². The summed E-state index contributed by atoms with van der Waals surface area (Å²) in [7, 11) is 0. The Morgan fingerprint density at radius 1 is 1.00 bits per heavy atom. The lowest BCUT2D eigenvalue weighted by Gasteiger charge is -2.18. The third-order valence-electron chi connectivity index (χ3n) is 4.13. The molecule has 0 saturated heterocycles. The molecule has 0 aliphatic heterocycles. The van der Waals surface area contributed by atoms with Crippen molar-refractivity contribution >= 4 is 17.5 Å². The smallest absolute Gasteiger partial charge is 0.265 e. The van der Waals surface area contributed by atoms with Crippen molar-refractivity contribution in [3.8, 4) is 5.75 Å². The van der Waals surface area contributed by atoms with Gasteiger partial charge in [-0.2, -0.15) is 0 Å². The SMILES string of the molecule is CCc1ccccc1O[C@H](C)C(=O)Nc1ccccc1C(=O)NCC(C)C. The molecule has 144 valence electrons. The van der Waals surface area contributed by atoms with Gasteiger partial charge in [-0.05, 0) is 43.0 Å². The Labute approximate surface area is 161 Å². The minimum Gasteiger partial charge on any atom is -0.481 e. The lowest BCUT2D eigenvalue weighted by Crippen LogP contribution is -2.32. The molecule has 2 aromatic rings. The van der Waals surface area contributed by atoms with Gasteiger partial charge in [0.1, 0.15) is 5.75 Å². The highest BCUT2D eigenvalue weighted by molar-refractivity contribution is 6.04. The van der Waals surface area contributed by atoms with E-state index in [1.165, 1.54) is 0 Å². The Morgan fingerprint density at radius 3 is 2.37 bits per heavy atom. The maximum absolute atomic E-state index is 12.6. The van der Waals surface area contributed by atoms with Crippen molar-refractivity contribution in [3.63, 3.8) is 0 Å². The van der Waals surface area contributed by atoms with Crippen LogP contribution in [0.5, 0.6) is 5.75 Å². The topological polar surface area (TPSA) is 67.4 Å². The number of rotatable bonds is 8. The predicted octanol–water partition coefficient (Wildman–Crippen LogP) is 4.04. The molecule has 5 nitrogen and oxygen atoms in total. The molecule has 2 amide bonds. The van der Waals surface area contributed by atoms with Crippen LogP contribution in [0, 0.1) is 5.92 Å². The number of para-hydroxylation sites is 2. The summed E-state index contributed by atoms with van der Waals surface area (Å²) >= 11 is 0. The first-order chi connectivity index (χ1) is 12.9. The molecule has 0 radical (unpaired) electrons. The van der Waals surface area contributed by atoms with Gasteiger partial charge in [-0.3, -0.25) is 9.59 Å². The second-order valence-electron chi connectivity index (χ2n) is 6.86. The molecular weight excluding hydrogens is 340 g/mol. The molecule has 0 heterocycles. The minimum atomic E-state index is -0.690. The van der Waals surface area contributed by atoms with Crippen molar-refractivity contribution < 1.29 is 14.3 Å². The third-order valence-corrected chi connectivity index (χ3v) is 4.13. The molecule has 0 aromatic heterocycles. The van der Waals surface area contributed by atoms with Crippen LogP contribution < -0.4 is 15.4 Å². The molecule has 0 aliphatic carbocycles. The van der Waals surface area contributed by atoms with E-state index < -0.39 is 6.10 Å². The highest BCUT2D eigenvalue weighted by Crippen LogP contribution is 2.21. The number of aryl methyl sites for hydroxylation is 1. The quantitative estimate of drug-likeness (QED) is 0.739. The first kappa shape index (κ1) is 20.5. The predicted molar refractivity (Wildman–Crippen MR) is 108 cm³/mol. The Bertz CT molecular complexity index is 787. The van der Waals surface area contributed by atoms with Gasteiger partial charge in [0.15, 0.2) is 6.10 Å². The van der Waals surface area contributed by atoms with E-state index in [0.29, 0.717) is 29.5 Å². The highest BCUT2D eigenvalue weighted by Gasteiger charge is 2.19. The van der Waals surface area contributed by atoms with Crippen LogP contribution >= 0.6 is 0 Å². The maximum Gasteiger partial charge on any atom is 0.265 e. The molecule has 27 heavy (non-hydrogen) atoms. The van der Waals surface area contributed by atoms with Crippen LogP contribution in [0.15, 0.2) is 48.5 Å². The summed E-state index contributed by atoms with van der Waals surface area (Å²) in [5, 5.41) is 5.69. The van der Waals surface area contributed by atoms with Gasteiger partial charge in [0.25, 0.3) is 11.8 Å². The van der Waals surface area contributed by atoms with E-state index in [0.717, 1.165) is 12.0 Å². The van der Waals surface area contributed by atoms with Crippen molar-refractivity contribution in [2.24, 2.45) is 5.92 Å². The molecule has 0 aliphatic rings. The van der Waals surface area contributed by atoms with Crippen molar-refractivity contribution in [1.82, 2.24) is 5.32 Å². The summed E-state index contributed by atoms with van der Waals surface area (Å²) in [4.78, 5) is 25.0. The average molecular weight is 368 g/mol. The van der Waals surface area contributed by atoms with Crippen molar-refractivity contribution in [3.05, 3.63) is 59.7 Å². The Balaban J connectivity index is 2.08. The van der Waals surface area contributed by atoms with Crippen molar-refractivity contribution in [2.75, 3.05) is 11.9 Å². The zero-order chi connectivity index (χ0) is 19.8. The van der Waals surface area contributed by atoms with E-state index in [2.05, 4.69) is 10.6 Å². The first-order valence-electron chi connectivity index (χ1n) is 9.35. The molecule has 0 saturated carbocycles. The fraction of sp³-hybridized carbons (Fsp3) is 0.364. The Morgan fingerprint density at radius 2 is 1.67 bits per heavy atom. The van der Waals surface area contributed by atoms with Crippen LogP contribution in [0.3, 0.4) is 0 Å². The summed E-state index contributed by atoms with van der Waals surface area (Å²) in [6.45, 7) is 8.37. The van der Waals surface area contributed by atoms with Gasteiger partial charge >= 0.3 is 0 Å². The molecule has 0 spiro atoms. The van der Waals surface area contributed by atoms with E-state index in [1.54, 1.807) is 31.2 Å². The first-order valence-corrected chi connectivity index (χ1v) is 9.35. The van der Waals surface area contributed by atoms with Gasteiger partial charge < -0.3 is 15.4 Å². The van der Waals surface area contributed by atoms with E-state index in [-0.39, 0.29) is 11.8 Å². The minimum absolute atomic E-state index is 0.204. The molecule has 0 bridgehead atoms. The van der Waals surface area contributed by atoms with E-state index in [9.17, 15) is 9.59 Å². The summed E-state index contributed by atoms with van der Waals surface area (Å²) in [6.07, 6.45) is 0.132. The van der Waals surface area contributed by atoms with Gasteiger partial charge in [0.05, 0.1) is 11.3 Å². The number of hydrogen-bond acceptors (Lipinski definition) is 3. The van der Waals surface area contributed by atoms with Gasteiger partial charge in [0, 0.05) is 6.54 Å². The fourth-order valence-electron chi connectivity index (χ4n) is 2.57. The number of nitrogens with one attached hydrogen (secondary N) is 2. The lowest BCUT2D eigenvalue weighted by atomic mass is 10.1. The van der Waals surface area contributed by atoms with Gasteiger partial charge in [0.2, 0.25) is 0 Å². The van der Waals surface area contributed by atoms with E-state index in [1.807, 2.05) is 45.0 Å². The molecule has 1 atom stereocenters. The van der Waals surface area contributed by atoms with E-state index in [4.69, 9.17) is 4.74 Å². The number of benzene rings is 2. The van der Waals surface area contributed by atoms with Crippen LogP contribution in [-0.4, -0.2) is 24.5 Å². The fourth-order valence-corrected chi connectivity index (χ4v) is 2.57. The zero-order valence-electron chi connectivity index (χ0n) is 16.4. The number of carbonyl (C=O) groups is 2. The number of ether oxygens (including phenoxy) is 1. The second kappa shape index (κ2) is 9.76. The molecule has 5 heteroatoms. The Kier molecular flexibility index (Phi) is 7.41. The molecule has 2 N–H and O–H groups in total. The second-order valence-corrected chi connectivity index (χ2v) is 6.86. The highest BCUT2D eigenvalue weighted by atomic mass is 16.5. The number of hydrogen-bond donors (Lipinski definition) is 2. The van der Waals surface area contributed by atoms with Crippen LogP contribution in [0.2, 0.25) is 0 Å². The van der Waals surface area contributed by atoms with Crippen LogP contribution in [-0.2, 0) is 11.2 Å². The number of anilines is 1. The standard InChI is InChI=1S/C22H28N2O3/c1-5-17-10-6-9-13-20(17)27-16(4)21(25)24-19-12-8-7-11-18(19)22(26)23-14-15(2)3/h6-13,15-16H,5,14H2,1-4H3,(H,23,26)(H,24,25)/t16-/m1/s1. The molecule has 2 rings (SSSR count). The summed E-state index contributed by atoms with van der Waals surface area (Å²) in [5.74, 6) is 0.544. The average Bonchev–Trinajstić information content (AvgIpc) is 2.66. The molecule has 2 aromatic carbocycles. The molecular formula is C22H28N2O3. The maximum atomic E-state index is 12.6. The summed E-state index contributed by atoms with van der Waals surface area (Å²) < 4.78 is 5.84. The molecule has 0 unspecified atom stereocenters. The normalized spacial score (nSPS) is 11.7. The Hall–Kier alpha value is -2.82. The van der Waals surface area contributed by atoms with Gasteiger partial charge in [-0.25, -0.2) is 0 Å². The van der Waals surface area contributed by atoms with Crippen LogP contribution in [0.4, 0.5) is 5.69 Å². The monoisotopic (exact) mass is 368 g/mol. The van der Waals surface area contributed by atoms with Crippen LogP contribution in [0.1, 0.15) is 43.6 Å². The number of amides is 2. The largest absolute Gasteiger partial charge is 0.481 e. The van der Waals surface area contributed by atoms with Crippen molar-refractivity contribution in [2.45, 2.75) is 40.2 Å². The van der Waals surface area contributed by atoms with E-state index >= 15 is 0 Å². The zero-order valence-corrected chi connectivity index (χ0v) is 16.4. The molecule has 0 fully saturated rings. The van der Waals surface area contributed by atoms with Gasteiger partial charge in [-0.1, -0.05) is 51.1 Å².